The molecule has 0 aliphatic carbocycles. The predicted molar refractivity (Wildman–Crippen MR) is 114 cm³/mol. The van der Waals surface area contributed by atoms with Crippen LogP contribution in [-0.2, 0) is 43.0 Å². The summed E-state index contributed by atoms with van der Waals surface area (Å²) in [6.07, 6.45) is -4.83. The first-order chi connectivity index (χ1) is 16.1. The van der Waals surface area contributed by atoms with Gasteiger partial charge in [-0.25, -0.2) is 4.79 Å². The van der Waals surface area contributed by atoms with E-state index in [0.717, 1.165) is 20.8 Å². The van der Waals surface area contributed by atoms with E-state index in [1.54, 1.807) is 30.3 Å². The molecule has 184 valence electrons. The van der Waals surface area contributed by atoms with Crippen molar-refractivity contribution < 1.29 is 47.8 Å². The van der Waals surface area contributed by atoms with Crippen LogP contribution in [0.2, 0.25) is 0 Å². The van der Waals surface area contributed by atoms with Crippen LogP contribution >= 0.6 is 0 Å². The highest BCUT2D eigenvalue weighted by molar-refractivity contribution is 5.90. The summed E-state index contributed by atoms with van der Waals surface area (Å²) in [6.45, 7) is 4.12. The normalized spacial score (nSPS) is 22.5. The third-order valence-electron chi connectivity index (χ3n) is 4.21. The second kappa shape index (κ2) is 12.2. The van der Waals surface area contributed by atoms with Crippen LogP contribution in [0.1, 0.15) is 27.7 Å². The van der Waals surface area contributed by atoms with Gasteiger partial charge in [0.15, 0.2) is 18.3 Å². The fraction of sp³-hybridized carbons (Fsp3) is 0.429. The summed E-state index contributed by atoms with van der Waals surface area (Å²) in [5, 5.41) is 8.56. The minimum Gasteiger partial charge on any atom is -0.466 e. The van der Waals surface area contributed by atoms with Gasteiger partial charge < -0.3 is 24.3 Å². The van der Waals surface area contributed by atoms with Gasteiger partial charge >= 0.3 is 24.0 Å². The number of hydrogen-bond acceptors (Lipinski definition) is 11. The number of benzene rings is 1. The number of carbonyl (C=O) groups is 5. The topological polar surface area (TPSA) is 168 Å². The van der Waals surface area contributed by atoms with E-state index in [0.29, 0.717) is 5.69 Å². The number of nitrogens with one attached hydrogen (secondary N) is 2. The summed E-state index contributed by atoms with van der Waals surface area (Å²) >= 11 is 0. The Hall–Kier alpha value is -4.16. The molecule has 2 amide bonds. The van der Waals surface area contributed by atoms with E-state index in [9.17, 15) is 24.0 Å². The van der Waals surface area contributed by atoms with E-state index in [1.807, 2.05) is 0 Å². The maximum atomic E-state index is 12.1. The molecule has 1 aromatic rings. The third kappa shape index (κ3) is 8.07. The molecule has 1 saturated heterocycles. The Labute approximate surface area is 194 Å². The Kier molecular flexibility index (Phi) is 9.35. The SMILES string of the molecule is CC(=O)NC1/C(=N/OC(=O)Nc2ccccc2)OC(COC(C)=O)C(OC(C)=O)C1OC(C)=O. The lowest BCUT2D eigenvalue weighted by Crippen LogP contribution is -2.64. The van der Waals surface area contributed by atoms with Gasteiger partial charge in [0.05, 0.1) is 0 Å². The number of para-hydroxylation sites is 1. The second-order valence-electron chi connectivity index (χ2n) is 7.08. The molecule has 0 saturated carbocycles. The van der Waals surface area contributed by atoms with Gasteiger partial charge in [0.2, 0.25) is 5.91 Å². The maximum absolute atomic E-state index is 12.1. The Morgan fingerprint density at radius 1 is 0.912 bits per heavy atom. The molecule has 0 spiro atoms. The zero-order chi connectivity index (χ0) is 25.3. The van der Waals surface area contributed by atoms with Crippen LogP contribution in [0.3, 0.4) is 0 Å². The van der Waals surface area contributed by atoms with Crippen LogP contribution in [0.25, 0.3) is 0 Å². The molecule has 1 aliphatic heterocycles. The Morgan fingerprint density at radius 2 is 1.53 bits per heavy atom. The maximum Gasteiger partial charge on any atom is 0.437 e. The molecule has 2 rings (SSSR count). The van der Waals surface area contributed by atoms with Crippen molar-refractivity contribution in [3.63, 3.8) is 0 Å². The lowest BCUT2D eigenvalue weighted by Gasteiger charge is -2.41. The van der Waals surface area contributed by atoms with Crippen LogP contribution in [0.4, 0.5) is 10.5 Å². The first kappa shape index (κ1) is 26.1. The molecule has 0 aromatic heterocycles. The number of ether oxygens (including phenoxy) is 4. The fourth-order valence-electron chi connectivity index (χ4n) is 3.02. The summed E-state index contributed by atoms with van der Waals surface area (Å²) < 4.78 is 21.2. The molecule has 1 heterocycles. The van der Waals surface area contributed by atoms with E-state index in [2.05, 4.69) is 15.8 Å². The van der Waals surface area contributed by atoms with Crippen LogP contribution < -0.4 is 10.6 Å². The smallest absolute Gasteiger partial charge is 0.437 e. The van der Waals surface area contributed by atoms with Gasteiger partial charge in [0, 0.05) is 33.4 Å². The standard InChI is InChI=1S/C21H25N3O10/c1-11(25)22-17-19(32-14(4)28)18(31-13(3)27)16(10-30-12(2)26)33-20(17)24-34-21(29)23-15-8-6-5-7-9-15/h5-9,16-19H,10H2,1-4H3,(H,22,25)(H,23,29)/b24-20-. The monoisotopic (exact) mass is 479 g/mol. The molecule has 4 atom stereocenters. The molecule has 0 bridgehead atoms. The first-order valence-corrected chi connectivity index (χ1v) is 10.1. The van der Waals surface area contributed by atoms with Crippen LogP contribution in [0.15, 0.2) is 35.5 Å². The summed E-state index contributed by atoms with van der Waals surface area (Å²) in [7, 11) is 0. The minimum absolute atomic E-state index is 0.384. The summed E-state index contributed by atoms with van der Waals surface area (Å²) in [6, 6.07) is 7.06. The molecular weight excluding hydrogens is 454 g/mol. The van der Waals surface area contributed by atoms with E-state index in [4.69, 9.17) is 23.8 Å². The number of nitrogens with zero attached hydrogens (tertiary/aromatic N) is 1. The number of oxime groups is 1. The lowest BCUT2D eigenvalue weighted by molar-refractivity contribution is -0.186. The quantitative estimate of drug-likeness (QED) is 0.248. The van der Waals surface area contributed by atoms with Gasteiger partial charge in [-0.1, -0.05) is 18.2 Å². The van der Waals surface area contributed by atoms with Crippen molar-refractivity contribution in [3.8, 4) is 0 Å². The van der Waals surface area contributed by atoms with E-state index in [-0.39, 0.29) is 5.90 Å². The fourth-order valence-corrected chi connectivity index (χ4v) is 3.02. The van der Waals surface area contributed by atoms with Crippen molar-refractivity contribution in [2.24, 2.45) is 5.16 Å². The van der Waals surface area contributed by atoms with Crippen LogP contribution in [-0.4, -0.2) is 66.8 Å². The molecule has 13 heteroatoms. The largest absolute Gasteiger partial charge is 0.466 e. The molecular formula is C21H25N3O10. The number of amides is 2. The van der Waals surface area contributed by atoms with Crippen LogP contribution in [0.5, 0.6) is 0 Å². The summed E-state index contributed by atoms with van der Waals surface area (Å²) in [5.74, 6) is -3.14. The highest BCUT2D eigenvalue weighted by Crippen LogP contribution is 2.25. The van der Waals surface area contributed by atoms with Crippen molar-refractivity contribution in [3.05, 3.63) is 30.3 Å². The van der Waals surface area contributed by atoms with E-state index >= 15 is 0 Å². The van der Waals surface area contributed by atoms with Gasteiger partial charge in [-0.15, -0.1) is 0 Å². The van der Waals surface area contributed by atoms with Gasteiger partial charge in [-0.05, 0) is 17.3 Å². The number of esters is 3. The van der Waals surface area contributed by atoms with Gasteiger partial charge in [0.25, 0.3) is 5.90 Å². The van der Waals surface area contributed by atoms with E-state index in [1.165, 1.54) is 6.92 Å². The van der Waals surface area contributed by atoms with Crippen molar-refractivity contribution in [1.82, 2.24) is 5.32 Å². The second-order valence-corrected chi connectivity index (χ2v) is 7.08. The lowest BCUT2D eigenvalue weighted by atomic mass is 9.96. The summed E-state index contributed by atoms with van der Waals surface area (Å²) in [5.41, 5.74) is 0.427. The van der Waals surface area contributed by atoms with Gasteiger partial charge in [-0.2, -0.15) is 0 Å². The van der Waals surface area contributed by atoms with Crippen molar-refractivity contribution in [2.75, 3.05) is 11.9 Å². The number of carbonyl (C=O) groups excluding carboxylic acids is 5. The molecule has 0 radical (unpaired) electrons. The molecule has 1 fully saturated rings. The zero-order valence-corrected chi connectivity index (χ0v) is 18.9. The molecule has 2 N–H and O–H groups in total. The average Bonchev–Trinajstić information content (AvgIpc) is 2.74. The highest BCUT2D eigenvalue weighted by Gasteiger charge is 2.50. The number of hydrogen-bond donors (Lipinski definition) is 2. The Bertz CT molecular complexity index is 949. The zero-order valence-electron chi connectivity index (χ0n) is 18.9. The van der Waals surface area contributed by atoms with E-state index < -0.39 is 60.9 Å². The number of anilines is 1. The molecule has 1 aromatic carbocycles. The van der Waals surface area contributed by atoms with Crippen LogP contribution in [0, 0.1) is 0 Å². The van der Waals surface area contributed by atoms with Crippen molar-refractivity contribution in [2.45, 2.75) is 52.0 Å². The van der Waals surface area contributed by atoms with Gasteiger partial charge in [-0.3, -0.25) is 29.3 Å². The minimum atomic E-state index is -1.35. The molecule has 1 aliphatic rings. The molecule has 13 nitrogen and oxygen atoms in total. The molecule has 4 unspecified atom stereocenters. The highest BCUT2D eigenvalue weighted by atomic mass is 16.7. The molecule has 34 heavy (non-hydrogen) atoms. The Morgan fingerprint density at radius 3 is 2.09 bits per heavy atom. The Balaban J connectivity index is 2.37. The predicted octanol–water partition coefficient (Wildman–Crippen LogP) is 0.879. The average molecular weight is 479 g/mol. The summed E-state index contributed by atoms with van der Waals surface area (Å²) in [4.78, 5) is 63.6. The third-order valence-corrected chi connectivity index (χ3v) is 4.21. The van der Waals surface area contributed by atoms with Gasteiger partial charge in [0.1, 0.15) is 12.6 Å². The van der Waals surface area contributed by atoms with Crippen molar-refractivity contribution in [1.29, 1.82) is 0 Å². The first-order valence-electron chi connectivity index (χ1n) is 10.1. The van der Waals surface area contributed by atoms with Crippen molar-refractivity contribution >= 4 is 41.5 Å². The number of rotatable bonds is 7.